The van der Waals surface area contributed by atoms with Gasteiger partial charge in [-0.3, -0.25) is 0 Å². The number of carbonyl (C=O) groups excluding carboxylic acids is 2. The lowest BCUT2D eigenvalue weighted by Gasteiger charge is -2.45. The van der Waals surface area contributed by atoms with E-state index in [1.165, 1.54) is 10.4 Å². The second-order valence-electron chi connectivity index (χ2n) is 30.9. The van der Waals surface area contributed by atoms with Crippen molar-refractivity contribution in [3.8, 4) is 11.8 Å². The fourth-order valence-electron chi connectivity index (χ4n) is 11.9. The van der Waals surface area contributed by atoms with Gasteiger partial charge in [0, 0.05) is 39.8 Å². The maximum Gasteiger partial charge on any atom is 0.338 e. The van der Waals surface area contributed by atoms with E-state index in [0.29, 0.717) is 36.2 Å². The Morgan fingerprint density at radius 1 is 0.560 bits per heavy atom. The summed E-state index contributed by atoms with van der Waals surface area (Å²) >= 11 is 0. The lowest BCUT2D eigenvalue weighted by atomic mass is 9.89. The predicted octanol–water partition coefficient (Wildman–Crippen LogP) is 17.4. The number of hydrogen-bond acceptors (Lipinski definition) is 10. The Balaban J connectivity index is 0.000000355. The van der Waals surface area contributed by atoms with Crippen LogP contribution in [0.3, 0.4) is 0 Å². The molecule has 4 aromatic rings. The summed E-state index contributed by atoms with van der Waals surface area (Å²) in [6, 6.07) is 31.2. The summed E-state index contributed by atoms with van der Waals surface area (Å²) in [6.07, 6.45) is 10.2. The van der Waals surface area contributed by atoms with Crippen molar-refractivity contribution in [1.82, 2.24) is 0 Å². The maximum atomic E-state index is 13.3. The third kappa shape index (κ3) is 22.0. The van der Waals surface area contributed by atoms with Gasteiger partial charge >= 0.3 is 11.9 Å². The first-order chi connectivity index (χ1) is 42.2. The lowest BCUT2D eigenvalue weighted by molar-refractivity contribution is -0.153. The van der Waals surface area contributed by atoms with Crippen molar-refractivity contribution in [2.75, 3.05) is 13.2 Å². The average Bonchev–Trinajstić information content (AvgIpc) is 1.59. The first kappa shape index (κ1) is 76.7. The van der Waals surface area contributed by atoms with Crippen LogP contribution < -0.4 is 10.4 Å². The van der Waals surface area contributed by atoms with Crippen molar-refractivity contribution < 1.29 is 47.5 Å². The van der Waals surface area contributed by atoms with Gasteiger partial charge in [0.1, 0.15) is 12.2 Å². The minimum absolute atomic E-state index is 0.0458. The molecule has 2 saturated heterocycles. The van der Waals surface area contributed by atoms with E-state index in [-0.39, 0.29) is 59.0 Å². The molecule has 10 nitrogen and oxygen atoms in total. The third-order valence-corrected chi connectivity index (χ3v) is 26.2. The number of aryl methyl sites for hydroxylation is 4. The number of carbonyl (C=O) groups is 2. The fourth-order valence-corrected chi connectivity index (χ4v) is 18.1. The number of hydrogen-bond donors (Lipinski definition) is 1. The van der Waals surface area contributed by atoms with Crippen molar-refractivity contribution in [2.24, 2.45) is 35.5 Å². The average molecular weight is 1300 g/mol. The number of benzene rings is 4. The van der Waals surface area contributed by atoms with Crippen LogP contribution in [0.15, 0.2) is 109 Å². The predicted molar refractivity (Wildman–Crippen MR) is 386 cm³/mol. The highest BCUT2D eigenvalue weighted by Gasteiger charge is 2.52. The van der Waals surface area contributed by atoms with Crippen LogP contribution in [0.25, 0.3) is 12.2 Å². The van der Waals surface area contributed by atoms with Gasteiger partial charge in [0.15, 0.2) is 11.6 Å². The molecule has 500 valence electrons. The van der Waals surface area contributed by atoms with Gasteiger partial charge in [-0.15, -0.1) is 0 Å². The standard InChI is InChI=1S/C46H64O6Si2.C32H52O4Si/c1-32-30-35(4)41(44(48)49-28-29-53(11,12)13)37(31-32)26-24-34(3)42-43(51-46(9,10)50-42)40(47)27-25-33(2)36(5)52-54(45(6,7)8,38-20-16-14-17-21-38)39-22-18-15-19-23-39;1-21(2)23(4)13-14-24(5)29-30(36-32(8,9)35-29)25(6)15-16-27-20-22(3)19-26(7)28(27)31(33)34-17-18-37(10,11)12/h14-24,26,30-31,33-34,36,40,42-43,47H,28-29H2,1-13H3;13-16,19-21,23-25,29-30H,17-18H2,1-12H3/b26-24+;14-13-,16-15+/t33-,34?,36+,40?,42?,43?;23-,24?,25?,29?,30?/m11/s1. The van der Waals surface area contributed by atoms with Crippen LogP contribution in [0, 0.1) is 75.0 Å². The van der Waals surface area contributed by atoms with E-state index in [1.54, 1.807) is 0 Å². The molecule has 1 N–H and O–H groups in total. The number of aliphatic hydroxyl groups is 1. The van der Waals surface area contributed by atoms with Crippen LogP contribution in [0.5, 0.6) is 0 Å². The zero-order valence-electron chi connectivity index (χ0n) is 60.4. The molecule has 0 amide bonds. The smallest absolute Gasteiger partial charge is 0.338 e. The third-order valence-electron chi connectivity index (χ3n) is 17.7. The van der Waals surface area contributed by atoms with Gasteiger partial charge in [0.05, 0.1) is 48.8 Å². The number of rotatable bonds is 24. The van der Waals surface area contributed by atoms with Gasteiger partial charge in [0.2, 0.25) is 0 Å². The van der Waals surface area contributed by atoms with Gasteiger partial charge < -0.3 is 38.0 Å². The van der Waals surface area contributed by atoms with E-state index in [4.69, 9.17) is 32.8 Å². The Morgan fingerprint density at radius 2 is 0.934 bits per heavy atom. The van der Waals surface area contributed by atoms with Crippen LogP contribution in [0.1, 0.15) is 158 Å². The summed E-state index contributed by atoms with van der Waals surface area (Å²) in [5.74, 6) is 5.49. The number of allylic oxidation sites excluding steroid dienone is 1. The molecule has 13 heteroatoms. The number of ether oxygens (including phenoxy) is 6. The summed E-state index contributed by atoms with van der Waals surface area (Å²) in [7, 11) is -5.40. The minimum atomic E-state index is -2.78. The molecule has 0 saturated carbocycles. The summed E-state index contributed by atoms with van der Waals surface area (Å²) in [6.45, 7) is 54.4. The van der Waals surface area contributed by atoms with E-state index in [0.717, 1.165) is 45.5 Å². The molecule has 0 spiro atoms. The molecule has 11 atom stereocenters. The minimum Gasteiger partial charge on any atom is -0.462 e. The van der Waals surface area contributed by atoms with Crippen molar-refractivity contribution in [1.29, 1.82) is 0 Å². The molecule has 0 aromatic heterocycles. The second kappa shape index (κ2) is 32.4. The topological polar surface area (TPSA) is 119 Å². The first-order valence-electron chi connectivity index (χ1n) is 33.5. The van der Waals surface area contributed by atoms with E-state index in [9.17, 15) is 14.7 Å². The second-order valence-corrected chi connectivity index (χ2v) is 46.4. The van der Waals surface area contributed by atoms with Crippen LogP contribution in [0.2, 0.25) is 56.4 Å². The van der Waals surface area contributed by atoms with Crippen LogP contribution in [-0.2, 0) is 32.8 Å². The SMILES string of the molecule is Cc1cc(C)c(C(=O)OCC[Si](C)(C)C)c(/C=C/C(C)C2OC(C)(C)OC2C(C)/C=C\[C@@H](C)C(C)C)c1.Cc1cc(C)c(C(=O)OCC[Si](C)(C)C)c(/C=C/C(C)C2OC(C)(C)OC2C(O)C#C[C@@H](C)[C@H](C)O[Si](c2ccccc2)(c2ccccc2)C(C)(C)C)c1. The molecule has 91 heavy (non-hydrogen) atoms. The summed E-state index contributed by atoms with van der Waals surface area (Å²) < 4.78 is 44.3. The highest BCUT2D eigenvalue weighted by molar-refractivity contribution is 6.99. The summed E-state index contributed by atoms with van der Waals surface area (Å²) in [5, 5.41) is 13.8. The molecular formula is C78H116O10Si3. The van der Waals surface area contributed by atoms with Crippen molar-refractivity contribution >= 4 is 58.9 Å². The van der Waals surface area contributed by atoms with E-state index < -0.39 is 54.4 Å². The maximum absolute atomic E-state index is 13.3. The largest absolute Gasteiger partial charge is 0.462 e. The quantitative estimate of drug-likeness (QED) is 0.0314. The molecule has 0 bridgehead atoms. The van der Waals surface area contributed by atoms with Crippen molar-refractivity contribution in [2.45, 2.75) is 236 Å². The zero-order chi connectivity index (χ0) is 68.2. The van der Waals surface area contributed by atoms with Crippen LogP contribution >= 0.6 is 0 Å². The first-order valence-corrected chi connectivity index (χ1v) is 42.8. The Morgan fingerprint density at radius 3 is 1.31 bits per heavy atom. The van der Waals surface area contributed by atoms with E-state index in [2.05, 4.69) is 212 Å². The van der Waals surface area contributed by atoms with Crippen LogP contribution in [0.4, 0.5) is 0 Å². The molecule has 2 aliphatic heterocycles. The summed E-state index contributed by atoms with van der Waals surface area (Å²) in [4.78, 5) is 26.4. The lowest BCUT2D eigenvalue weighted by Crippen LogP contribution is -2.67. The Labute approximate surface area is 553 Å². The van der Waals surface area contributed by atoms with Gasteiger partial charge in [-0.2, -0.15) is 0 Å². The van der Waals surface area contributed by atoms with E-state index >= 15 is 0 Å². The monoisotopic (exact) mass is 1300 g/mol. The summed E-state index contributed by atoms with van der Waals surface area (Å²) in [5.41, 5.74) is 6.95. The zero-order valence-corrected chi connectivity index (χ0v) is 63.4. The normalized spacial score (nSPS) is 21.0. The van der Waals surface area contributed by atoms with E-state index in [1.807, 2.05) is 91.8 Å². The van der Waals surface area contributed by atoms with Gasteiger partial charge in [-0.1, -0.05) is 246 Å². The molecule has 8 unspecified atom stereocenters. The van der Waals surface area contributed by atoms with Gasteiger partial charge in [0.25, 0.3) is 8.32 Å². The number of esters is 2. The Bertz CT molecular complexity index is 3130. The highest BCUT2D eigenvalue weighted by Crippen LogP contribution is 2.40. The molecular weight excluding hydrogens is 1180 g/mol. The van der Waals surface area contributed by atoms with Crippen LogP contribution in [-0.4, -0.2) is 103 Å². The molecule has 2 aliphatic rings. The molecule has 4 aromatic carbocycles. The molecule has 2 heterocycles. The van der Waals surface area contributed by atoms with Crippen molar-refractivity contribution in [3.63, 3.8) is 0 Å². The highest BCUT2D eigenvalue weighted by atomic mass is 28.4. The van der Waals surface area contributed by atoms with Crippen molar-refractivity contribution in [3.05, 3.63) is 154 Å². The molecule has 6 rings (SSSR count). The molecule has 0 radical (unpaired) electrons. The van der Waals surface area contributed by atoms with Gasteiger partial charge in [-0.25, -0.2) is 9.59 Å². The Hall–Kier alpha value is -4.99. The number of aliphatic hydroxyl groups excluding tert-OH is 1. The fraction of sp³-hybridized carbons (Fsp3) is 0.564. The molecule has 2 fully saturated rings. The Kier molecular flexibility index (Phi) is 27.3. The van der Waals surface area contributed by atoms with Gasteiger partial charge in [-0.05, 0) is 131 Å². The molecule has 0 aliphatic carbocycles.